The Labute approximate surface area is 121 Å². The molecule has 0 aromatic heterocycles. The number of halogens is 4. The lowest BCUT2D eigenvalue weighted by molar-refractivity contribution is -0.143. The van der Waals surface area contributed by atoms with Crippen LogP contribution in [0.4, 0.5) is 13.2 Å². The van der Waals surface area contributed by atoms with Gasteiger partial charge in [-0.1, -0.05) is 11.6 Å². The molecule has 3 nitrogen and oxygen atoms in total. The van der Waals surface area contributed by atoms with E-state index in [1.165, 1.54) is 18.2 Å². The lowest BCUT2D eigenvalue weighted by Gasteiger charge is -2.18. The van der Waals surface area contributed by atoms with E-state index in [4.69, 9.17) is 11.6 Å². The van der Waals surface area contributed by atoms with Gasteiger partial charge in [0.25, 0.3) is 0 Å². The number of ether oxygens (including phenoxy) is 1. The molecule has 1 aromatic carbocycles. The van der Waals surface area contributed by atoms with Gasteiger partial charge in [-0.15, -0.1) is 0 Å². The maximum absolute atomic E-state index is 12.6. The Morgan fingerprint density at radius 2 is 2.05 bits per heavy atom. The molecule has 0 saturated heterocycles. The second-order valence-corrected chi connectivity index (χ2v) is 5.72. The number of rotatable bonds is 2. The minimum Gasteiger partial charge on any atom is -0.468 e. The van der Waals surface area contributed by atoms with Gasteiger partial charge < -0.3 is 4.74 Å². The third kappa shape index (κ3) is 2.78. The quantitative estimate of drug-likeness (QED) is 0.615. The van der Waals surface area contributed by atoms with Crippen LogP contribution in [0, 0.1) is 5.92 Å². The number of hydrogen-bond donors (Lipinski definition) is 0. The van der Waals surface area contributed by atoms with E-state index in [0.29, 0.717) is 0 Å². The van der Waals surface area contributed by atoms with Crippen molar-refractivity contribution in [3.05, 3.63) is 34.3 Å². The van der Waals surface area contributed by atoms with Crippen LogP contribution in [0.25, 0.3) is 0 Å². The van der Waals surface area contributed by atoms with Crippen molar-refractivity contribution in [3.63, 3.8) is 0 Å². The van der Waals surface area contributed by atoms with E-state index in [-0.39, 0.29) is 16.1 Å². The Bertz CT molecular complexity index is 574. The van der Waals surface area contributed by atoms with Gasteiger partial charge in [-0.05, 0) is 35.5 Å². The van der Waals surface area contributed by atoms with Crippen LogP contribution in [0.1, 0.15) is 21.2 Å². The predicted octanol–water partition coefficient (Wildman–Crippen LogP) is 3.62. The van der Waals surface area contributed by atoms with Crippen LogP contribution in [0.2, 0.25) is 5.02 Å². The maximum atomic E-state index is 12.6. The summed E-state index contributed by atoms with van der Waals surface area (Å²) in [5, 5.41) is -1.17. The van der Waals surface area contributed by atoms with E-state index < -0.39 is 40.2 Å². The number of alkyl halides is 3. The van der Waals surface area contributed by atoms with Crippen LogP contribution in [-0.4, -0.2) is 24.4 Å². The number of benzene rings is 1. The molecule has 0 radical (unpaired) electrons. The molecule has 0 spiro atoms. The van der Waals surface area contributed by atoms with Crippen molar-refractivity contribution in [1.82, 2.24) is 0 Å². The molecule has 0 N–H and O–H groups in total. The number of ketones is 1. The van der Waals surface area contributed by atoms with Crippen LogP contribution in [-0.2, 0) is 9.53 Å². The lowest BCUT2D eigenvalue weighted by atomic mass is 10.1. The summed E-state index contributed by atoms with van der Waals surface area (Å²) in [6.07, 6.45) is 0. The zero-order valence-electron chi connectivity index (χ0n) is 10.0. The Balaban J connectivity index is 2.50. The molecule has 1 aliphatic carbocycles. The Morgan fingerprint density at radius 1 is 1.40 bits per heavy atom. The van der Waals surface area contributed by atoms with Crippen LogP contribution in [0.15, 0.2) is 18.2 Å². The van der Waals surface area contributed by atoms with Crippen molar-refractivity contribution in [2.45, 2.75) is 10.8 Å². The van der Waals surface area contributed by atoms with E-state index in [0.717, 1.165) is 7.11 Å². The molecule has 2 unspecified atom stereocenters. The third-order valence-electron chi connectivity index (χ3n) is 2.89. The summed E-state index contributed by atoms with van der Waals surface area (Å²) in [5.41, 5.74) is -4.40. The monoisotopic (exact) mass is 324 g/mol. The molecule has 0 saturated carbocycles. The first-order valence-electron chi connectivity index (χ1n) is 5.40. The fourth-order valence-electron chi connectivity index (χ4n) is 2.11. The van der Waals surface area contributed by atoms with Crippen molar-refractivity contribution in [2.75, 3.05) is 7.11 Å². The third-order valence-corrected chi connectivity index (χ3v) is 4.17. The lowest BCUT2D eigenvalue weighted by Crippen LogP contribution is -2.25. The molecule has 1 aromatic rings. The maximum Gasteiger partial charge on any atom is 0.442 e. The Kier molecular flexibility index (Phi) is 4.02. The van der Waals surface area contributed by atoms with E-state index in [9.17, 15) is 22.8 Å². The van der Waals surface area contributed by atoms with Gasteiger partial charge in [-0.3, -0.25) is 9.59 Å². The fraction of sp³-hybridized carbons (Fsp3) is 0.333. The highest BCUT2D eigenvalue weighted by molar-refractivity contribution is 8.00. The van der Waals surface area contributed by atoms with Crippen molar-refractivity contribution >= 4 is 35.1 Å². The first-order valence-corrected chi connectivity index (χ1v) is 6.66. The number of fused-ring (bicyclic) bond motifs is 1. The molecule has 0 amide bonds. The van der Waals surface area contributed by atoms with Gasteiger partial charge >= 0.3 is 11.5 Å². The number of Topliss-reactive ketones (excluding diaryl/α,β-unsaturated/α-hetero) is 1. The summed E-state index contributed by atoms with van der Waals surface area (Å²) < 4.78 is 42.3. The standard InChI is InChI=1S/C12H8ClF3O3S/c1-19-11(18)8-9(17)6-3-2-5(13)4-7(6)10(8)20-12(14,15)16/h2-4,8,10H,1H3. The van der Waals surface area contributed by atoms with Gasteiger partial charge in [0.2, 0.25) is 0 Å². The van der Waals surface area contributed by atoms with Gasteiger partial charge in [-0.2, -0.15) is 13.2 Å². The summed E-state index contributed by atoms with van der Waals surface area (Å²) in [6, 6.07) is 4.00. The smallest absolute Gasteiger partial charge is 0.442 e. The molecule has 0 fully saturated rings. The molecule has 8 heteroatoms. The van der Waals surface area contributed by atoms with E-state index >= 15 is 0 Å². The highest BCUT2D eigenvalue weighted by Gasteiger charge is 2.50. The van der Waals surface area contributed by atoms with E-state index in [1.54, 1.807) is 0 Å². The molecule has 108 valence electrons. The summed E-state index contributed by atoms with van der Waals surface area (Å²) in [6.45, 7) is 0. The molecule has 0 aliphatic heterocycles. The van der Waals surface area contributed by atoms with Gasteiger partial charge in [0.05, 0.1) is 12.4 Å². The SMILES string of the molecule is COC(=O)C1C(=O)c2ccc(Cl)cc2C1SC(F)(F)F. The molecule has 20 heavy (non-hydrogen) atoms. The second kappa shape index (κ2) is 5.29. The molecule has 2 atom stereocenters. The molecule has 2 rings (SSSR count). The largest absolute Gasteiger partial charge is 0.468 e. The van der Waals surface area contributed by atoms with Crippen LogP contribution < -0.4 is 0 Å². The molecule has 1 aliphatic rings. The summed E-state index contributed by atoms with van der Waals surface area (Å²) in [4.78, 5) is 23.7. The van der Waals surface area contributed by atoms with Gasteiger partial charge in [0.15, 0.2) is 5.78 Å². The second-order valence-electron chi connectivity index (χ2n) is 4.08. The highest BCUT2D eigenvalue weighted by atomic mass is 35.5. The van der Waals surface area contributed by atoms with Gasteiger partial charge in [0.1, 0.15) is 5.92 Å². The number of thioether (sulfide) groups is 1. The highest BCUT2D eigenvalue weighted by Crippen LogP contribution is 2.52. The normalized spacial score (nSPS) is 21.8. The average Bonchev–Trinajstić information content (AvgIpc) is 2.59. The average molecular weight is 325 g/mol. The van der Waals surface area contributed by atoms with Crippen LogP contribution >= 0.6 is 23.4 Å². The zero-order chi connectivity index (χ0) is 15.1. The number of methoxy groups -OCH3 is 1. The van der Waals surface area contributed by atoms with Crippen molar-refractivity contribution in [3.8, 4) is 0 Å². The van der Waals surface area contributed by atoms with Crippen molar-refractivity contribution in [2.24, 2.45) is 5.92 Å². The predicted molar refractivity (Wildman–Crippen MR) is 67.7 cm³/mol. The Morgan fingerprint density at radius 3 is 2.60 bits per heavy atom. The number of carbonyl (C=O) groups excluding carboxylic acids is 2. The van der Waals surface area contributed by atoms with Gasteiger partial charge in [0, 0.05) is 10.6 Å². The number of esters is 1. The summed E-state index contributed by atoms with van der Waals surface area (Å²) >= 11 is 5.34. The van der Waals surface area contributed by atoms with Crippen molar-refractivity contribution in [1.29, 1.82) is 0 Å². The topological polar surface area (TPSA) is 43.4 Å². The molecule has 0 heterocycles. The van der Waals surface area contributed by atoms with Gasteiger partial charge in [-0.25, -0.2) is 0 Å². The summed E-state index contributed by atoms with van der Waals surface area (Å²) in [7, 11) is 1.03. The fourth-order valence-corrected chi connectivity index (χ4v) is 3.27. The number of hydrogen-bond acceptors (Lipinski definition) is 4. The number of carbonyl (C=O) groups is 2. The van der Waals surface area contributed by atoms with E-state index in [1.807, 2.05) is 0 Å². The Hall–Kier alpha value is -1.21. The first-order chi connectivity index (χ1) is 9.24. The molecule has 0 bridgehead atoms. The summed E-state index contributed by atoms with van der Waals surface area (Å²) in [5.74, 6) is -3.16. The van der Waals surface area contributed by atoms with Crippen LogP contribution in [0.3, 0.4) is 0 Å². The molecular weight excluding hydrogens is 317 g/mol. The minimum absolute atomic E-state index is 0.0755. The molecular formula is C12H8ClF3O3S. The van der Waals surface area contributed by atoms with Crippen LogP contribution in [0.5, 0.6) is 0 Å². The van der Waals surface area contributed by atoms with Crippen molar-refractivity contribution < 1.29 is 27.5 Å². The van der Waals surface area contributed by atoms with E-state index in [2.05, 4.69) is 4.74 Å². The first kappa shape index (κ1) is 15.2. The minimum atomic E-state index is -4.58. The zero-order valence-corrected chi connectivity index (χ0v) is 11.6.